The standard InChI is InChI=1S/C26H37N3O6S/c1-6-8-17-27-26(31)24(7-2)28(18-20-9-13-22(34-3)14-10-20)25(30)19-29(36(5,32)33)21-11-15-23(35-4)16-12-21/h9-16,24H,6-8,17-19H2,1-5H3,(H,27,31)/t24-/m0/s1. The SMILES string of the molecule is CCCCNC(=O)[C@H](CC)N(Cc1ccc(OC)cc1)C(=O)CN(c1ccc(OC)cc1)S(C)(=O)=O. The third kappa shape index (κ3) is 8.15. The minimum atomic E-state index is -3.79. The maximum absolute atomic E-state index is 13.6. The molecule has 0 bridgehead atoms. The number of nitrogens with zero attached hydrogens (tertiary/aromatic N) is 2. The van der Waals surface area contributed by atoms with E-state index in [4.69, 9.17) is 9.47 Å². The largest absolute Gasteiger partial charge is 0.497 e. The van der Waals surface area contributed by atoms with E-state index in [1.54, 1.807) is 43.5 Å². The van der Waals surface area contributed by atoms with Gasteiger partial charge in [0.05, 0.1) is 26.2 Å². The fourth-order valence-corrected chi connectivity index (χ4v) is 4.57. The Hall–Kier alpha value is -3.27. The number of carbonyl (C=O) groups excluding carboxylic acids is 2. The molecule has 0 heterocycles. The number of unbranched alkanes of at least 4 members (excludes halogenated alkanes) is 1. The molecule has 0 radical (unpaired) electrons. The first-order valence-electron chi connectivity index (χ1n) is 12.0. The van der Waals surface area contributed by atoms with Gasteiger partial charge in [-0.05, 0) is 54.8 Å². The molecule has 0 aliphatic rings. The second kappa shape index (κ2) is 13.7. The van der Waals surface area contributed by atoms with Crippen LogP contribution in [-0.2, 0) is 26.2 Å². The van der Waals surface area contributed by atoms with Gasteiger partial charge in [-0.25, -0.2) is 8.42 Å². The third-order valence-corrected chi connectivity index (χ3v) is 6.91. The lowest BCUT2D eigenvalue weighted by Gasteiger charge is -2.33. The summed E-state index contributed by atoms with van der Waals surface area (Å²) in [5, 5.41) is 2.90. The fraction of sp³-hybridized carbons (Fsp3) is 0.462. The average Bonchev–Trinajstić information content (AvgIpc) is 2.87. The Kier molecular flexibility index (Phi) is 11.0. The van der Waals surface area contributed by atoms with E-state index in [-0.39, 0.29) is 12.5 Å². The predicted molar refractivity (Wildman–Crippen MR) is 141 cm³/mol. The van der Waals surface area contributed by atoms with Crippen LogP contribution in [0.25, 0.3) is 0 Å². The summed E-state index contributed by atoms with van der Waals surface area (Å²) in [6.45, 7) is 4.07. The van der Waals surface area contributed by atoms with Gasteiger partial charge in [0, 0.05) is 13.1 Å². The lowest BCUT2D eigenvalue weighted by atomic mass is 10.1. The van der Waals surface area contributed by atoms with E-state index in [1.165, 1.54) is 12.0 Å². The van der Waals surface area contributed by atoms with Gasteiger partial charge in [-0.2, -0.15) is 0 Å². The van der Waals surface area contributed by atoms with Gasteiger partial charge >= 0.3 is 0 Å². The number of sulfonamides is 1. The van der Waals surface area contributed by atoms with Crippen molar-refractivity contribution in [2.24, 2.45) is 0 Å². The Balaban J connectivity index is 2.39. The summed E-state index contributed by atoms with van der Waals surface area (Å²) in [6.07, 6.45) is 3.18. The van der Waals surface area contributed by atoms with Crippen molar-refractivity contribution in [1.82, 2.24) is 10.2 Å². The molecular weight excluding hydrogens is 482 g/mol. The molecule has 0 fully saturated rings. The Morgan fingerprint density at radius 3 is 1.97 bits per heavy atom. The van der Waals surface area contributed by atoms with Crippen molar-refractivity contribution in [3.05, 3.63) is 54.1 Å². The van der Waals surface area contributed by atoms with Gasteiger partial charge in [0.15, 0.2) is 0 Å². The van der Waals surface area contributed by atoms with E-state index in [0.29, 0.717) is 30.2 Å². The van der Waals surface area contributed by atoms with E-state index in [0.717, 1.165) is 29.0 Å². The van der Waals surface area contributed by atoms with E-state index in [9.17, 15) is 18.0 Å². The summed E-state index contributed by atoms with van der Waals surface area (Å²) in [7, 11) is -0.709. The first-order valence-corrected chi connectivity index (χ1v) is 13.8. The number of hydrogen-bond acceptors (Lipinski definition) is 6. The number of amides is 2. The molecule has 10 heteroatoms. The van der Waals surface area contributed by atoms with Gasteiger partial charge in [0.1, 0.15) is 24.1 Å². The molecule has 1 atom stereocenters. The summed E-state index contributed by atoms with van der Waals surface area (Å²) < 4.78 is 36.7. The van der Waals surface area contributed by atoms with E-state index in [1.807, 2.05) is 26.0 Å². The zero-order chi connectivity index (χ0) is 26.7. The number of methoxy groups -OCH3 is 2. The van der Waals surface area contributed by atoms with Crippen LogP contribution in [0.2, 0.25) is 0 Å². The molecule has 198 valence electrons. The predicted octanol–water partition coefficient (Wildman–Crippen LogP) is 3.19. The number of rotatable bonds is 14. The van der Waals surface area contributed by atoms with Crippen LogP contribution < -0.4 is 19.1 Å². The molecule has 0 aromatic heterocycles. The number of anilines is 1. The van der Waals surface area contributed by atoms with Crippen LogP contribution in [-0.4, -0.2) is 64.7 Å². The Bertz CT molecular complexity index is 1090. The van der Waals surface area contributed by atoms with Crippen molar-refractivity contribution in [3.8, 4) is 11.5 Å². The van der Waals surface area contributed by atoms with Crippen molar-refractivity contribution in [3.63, 3.8) is 0 Å². The van der Waals surface area contributed by atoms with Crippen molar-refractivity contribution < 1.29 is 27.5 Å². The van der Waals surface area contributed by atoms with Crippen LogP contribution in [0.15, 0.2) is 48.5 Å². The lowest BCUT2D eigenvalue weighted by Crippen LogP contribution is -2.52. The molecule has 2 rings (SSSR count). The molecular formula is C26H37N3O6S. The zero-order valence-electron chi connectivity index (χ0n) is 21.7. The Morgan fingerprint density at radius 1 is 0.944 bits per heavy atom. The first kappa shape index (κ1) is 29.0. The summed E-state index contributed by atoms with van der Waals surface area (Å²) in [5.74, 6) is 0.492. The van der Waals surface area contributed by atoms with Gasteiger partial charge in [-0.15, -0.1) is 0 Å². The van der Waals surface area contributed by atoms with Gasteiger partial charge in [-0.1, -0.05) is 32.4 Å². The molecule has 9 nitrogen and oxygen atoms in total. The molecule has 2 amide bonds. The normalized spacial score (nSPS) is 11.9. The minimum Gasteiger partial charge on any atom is -0.497 e. The van der Waals surface area contributed by atoms with Crippen LogP contribution in [0, 0.1) is 0 Å². The summed E-state index contributed by atoms with van der Waals surface area (Å²) in [4.78, 5) is 28.1. The molecule has 0 saturated heterocycles. The molecule has 0 unspecified atom stereocenters. The first-order chi connectivity index (χ1) is 17.1. The van der Waals surface area contributed by atoms with Gasteiger partial charge in [-0.3, -0.25) is 13.9 Å². The van der Waals surface area contributed by atoms with Crippen LogP contribution in [0.1, 0.15) is 38.7 Å². The highest BCUT2D eigenvalue weighted by molar-refractivity contribution is 7.92. The molecule has 36 heavy (non-hydrogen) atoms. The minimum absolute atomic E-state index is 0.142. The average molecular weight is 520 g/mol. The maximum Gasteiger partial charge on any atom is 0.244 e. The summed E-state index contributed by atoms with van der Waals surface area (Å²) in [6, 6.07) is 12.9. The number of benzene rings is 2. The molecule has 0 saturated carbocycles. The van der Waals surface area contributed by atoms with Gasteiger partial charge in [0.25, 0.3) is 0 Å². The van der Waals surface area contributed by atoms with Crippen molar-refractivity contribution in [2.75, 3.05) is 37.9 Å². The van der Waals surface area contributed by atoms with E-state index >= 15 is 0 Å². The van der Waals surface area contributed by atoms with E-state index < -0.39 is 28.5 Å². The smallest absolute Gasteiger partial charge is 0.244 e. The molecule has 2 aromatic rings. The Labute approximate surface area is 214 Å². The number of ether oxygens (including phenoxy) is 2. The zero-order valence-corrected chi connectivity index (χ0v) is 22.5. The summed E-state index contributed by atoms with van der Waals surface area (Å²) in [5.41, 5.74) is 1.12. The fourth-order valence-electron chi connectivity index (χ4n) is 3.72. The highest BCUT2D eigenvalue weighted by atomic mass is 32.2. The second-order valence-corrected chi connectivity index (χ2v) is 10.3. The molecule has 0 spiro atoms. The van der Waals surface area contributed by atoms with Crippen molar-refractivity contribution in [2.45, 2.75) is 45.7 Å². The highest BCUT2D eigenvalue weighted by Crippen LogP contribution is 2.23. The van der Waals surface area contributed by atoms with Crippen molar-refractivity contribution >= 4 is 27.5 Å². The van der Waals surface area contributed by atoms with Gasteiger partial charge in [0.2, 0.25) is 21.8 Å². The third-order valence-electron chi connectivity index (χ3n) is 5.77. The number of carbonyl (C=O) groups is 2. The second-order valence-electron chi connectivity index (χ2n) is 8.41. The number of hydrogen-bond donors (Lipinski definition) is 1. The number of nitrogens with one attached hydrogen (secondary N) is 1. The molecule has 0 aliphatic carbocycles. The van der Waals surface area contributed by atoms with Crippen LogP contribution in [0.4, 0.5) is 5.69 Å². The molecule has 0 aliphatic heterocycles. The molecule has 2 aromatic carbocycles. The lowest BCUT2D eigenvalue weighted by molar-refractivity contribution is -0.140. The Morgan fingerprint density at radius 2 is 1.50 bits per heavy atom. The highest BCUT2D eigenvalue weighted by Gasteiger charge is 2.31. The monoisotopic (exact) mass is 519 g/mol. The summed E-state index contributed by atoms with van der Waals surface area (Å²) >= 11 is 0. The van der Waals surface area contributed by atoms with Crippen LogP contribution >= 0.6 is 0 Å². The molecule has 1 N–H and O–H groups in total. The van der Waals surface area contributed by atoms with Crippen LogP contribution in [0.3, 0.4) is 0 Å². The quantitative estimate of drug-likeness (QED) is 0.385. The maximum atomic E-state index is 13.6. The van der Waals surface area contributed by atoms with E-state index in [2.05, 4.69) is 5.32 Å². The topological polar surface area (TPSA) is 105 Å². The van der Waals surface area contributed by atoms with Crippen molar-refractivity contribution in [1.29, 1.82) is 0 Å². The van der Waals surface area contributed by atoms with Crippen LogP contribution in [0.5, 0.6) is 11.5 Å². The van der Waals surface area contributed by atoms with Gasteiger partial charge < -0.3 is 19.7 Å².